The Morgan fingerprint density at radius 2 is 2.10 bits per heavy atom. The van der Waals surface area contributed by atoms with Crippen LogP contribution in [0, 0.1) is 0 Å². The molecule has 6 heteroatoms. The minimum Gasteiger partial charge on any atom is -0.367 e. The maximum Gasteiger partial charge on any atom is 0.222 e. The smallest absolute Gasteiger partial charge is 0.222 e. The lowest BCUT2D eigenvalue weighted by Gasteiger charge is -2.33. The minimum absolute atomic E-state index is 0.329. The van der Waals surface area contributed by atoms with Gasteiger partial charge in [0.05, 0.1) is 0 Å². The van der Waals surface area contributed by atoms with Crippen molar-refractivity contribution in [2.45, 2.75) is 31.7 Å². The molecule has 2 aliphatic rings. The SMILES string of the molecule is O=C1CCCN1CCN1CCC(Nc2ccncn2)CC1. The first-order valence-corrected chi connectivity index (χ1v) is 7.84. The van der Waals surface area contributed by atoms with E-state index in [1.807, 2.05) is 11.0 Å². The number of nitrogens with one attached hydrogen (secondary N) is 1. The zero-order valence-electron chi connectivity index (χ0n) is 12.4. The number of likely N-dealkylation sites (tertiary alicyclic amines) is 2. The van der Waals surface area contributed by atoms with Crippen LogP contribution in [0.25, 0.3) is 0 Å². The fraction of sp³-hybridized carbons (Fsp3) is 0.667. The molecule has 21 heavy (non-hydrogen) atoms. The Kier molecular flexibility index (Phi) is 4.65. The van der Waals surface area contributed by atoms with Crippen LogP contribution >= 0.6 is 0 Å². The molecule has 0 spiro atoms. The van der Waals surface area contributed by atoms with E-state index in [2.05, 4.69) is 20.2 Å². The van der Waals surface area contributed by atoms with E-state index in [-0.39, 0.29) is 0 Å². The van der Waals surface area contributed by atoms with Crippen molar-refractivity contribution in [2.24, 2.45) is 0 Å². The van der Waals surface area contributed by atoms with E-state index in [1.54, 1.807) is 12.5 Å². The van der Waals surface area contributed by atoms with Crippen molar-refractivity contribution in [2.75, 3.05) is 38.0 Å². The summed E-state index contributed by atoms with van der Waals surface area (Å²) in [5.74, 6) is 1.24. The van der Waals surface area contributed by atoms with Crippen molar-refractivity contribution in [3.8, 4) is 0 Å². The summed E-state index contributed by atoms with van der Waals surface area (Å²) in [6.45, 7) is 5.02. The van der Waals surface area contributed by atoms with Gasteiger partial charge in [0.1, 0.15) is 12.1 Å². The van der Waals surface area contributed by atoms with Gasteiger partial charge in [-0.3, -0.25) is 4.79 Å². The van der Waals surface area contributed by atoms with Gasteiger partial charge in [-0.05, 0) is 25.3 Å². The van der Waals surface area contributed by atoms with E-state index >= 15 is 0 Å². The standard InChI is InChI=1S/C15H23N5O/c21-15-2-1-7-20(15)11-10-19-8-4-13(5-9-19)18-14-3-6-16-12-17-14/h3,6,12-13H,1-2,4-5,7-11H2,(H,16,17,18). The summed E-state index contributed by atoms with van der Waals surface area (Å²) in [6.07, 6.45) is 7.35. The first-order valence-electron chi connectivity index (χ1n) is 7.84. The summed E-state index contributed by atoms with van der Waals surface area (Å²) in [5, 5.41) is 3.46. The van der Waals surface area contributed by atoms with Crippen LogP contribution in [-0.2, 0) is 4.79 Å². The number of hydrogen-bond acceptors (Lipinski definition) is 5. The quantitative estimate of drug-likeness (QED) is 0.875. The Balaban J connectivity index is 1.38. The Bertz CT molecular complexity index is 458. The van der Waals surface area contributed by atoms with Gasteiger partial charge in [-0.1, -0.05) is 0 Å². The molecule has 114 valence electrons. The monoisotopic (exact) mass is 289 g/mol. The number of amides is 1. The van der Waals surface area contributed by atoms with Crippen molar-refractivity contribution in [1.29, 1.82) is 0 Å². The minimum atomic E-state index is 0.329. The molecule has 1 N–H and O–H groups in total. The van der Waals surface area contributed by atoms with Gasteiger partial charge in [0, 0.05) is 51.4 Å². The van der Waals surface area contributed by atoms with Gasteiger partial charge in [0.25, 0.3) is 0 Å². The Labute approximate surface area is 125 Å². The van der Waals surface area contributed by atoms with Gasteiger partial charge in [-0.15, -0.1) is 0 Å². The van der Waals surface area contributed by atoms with Crippen LogP contribution in [0.15, 0.2) is 18.6 Å². The zero-order valence-corrected chi connectivity index (χ0v) is 12.4. The molecular weight excluding hydrogens is 266 g/mol. The van der Waals surface area contributed by atoms with E-state index in [4.69, 9.17) is 0 Å². The van der Waals surface area contributed by atoms with Gasteiger partial charge in [-0.25, -0.2) is 9.97 Å². The Morgan fingerprint density at radius 1 is 1.24 bits per heavy atom. The van der Waals surface area contributed by atoms with Crippen molar-refractivity contribution < 1.29 is 4.79 Å². The van der Waals surface area contributed by atoms with Crippen LogP contribution in [0.2, 0.25) is 0 Å². The fourth-order valence-electron chi connectivity index (χ4n) is 3.09. The summed E-state index contributed by atoms with van der Waals surface area (Å²) in [7, 11) is 0. The van der Waals surface area contributed by atoms with E-state index in [1.165, 1.54) is 0 Å². The molecule has 2 fully saturated rings. The highest BCUT2D eigenvalue weighted by atomic mass is 16.2. The maximum atomic E-state index is 11.6. The van der Waals surface area contributed by atoms with Crippen LogP contribution in [0.3, 0.4) is 0 Å². The summed E-state index contributed by atoms with van der Waals surface area (Å²) in [6, 6.07) is 2.40. The van der Waals surface area contributed by atoms with Gasteiger partial charge < -0.3 is 15.1 Å². The number of anilines is 1. The van der Waals surface area contributed by atoms with Gasteiger partial charge in [-0.2, -0.15) is 0 Å². The Hall–Kier alpha value is -1.69. The molecule has 3 rings (SSSR count). The second-order valence-electron chi connectivity index (χ2n) is 5.84. The molecule has 6 nitrogen and oxygen atoms in total. The molecule has 1 amide bonds. The maximum absolute atomic E-state index is 11.6. The number of rotatable bonds is 5. The number of aromatic nitrogens is 2. The largest absolute Gasteiger partial charge is 0.367 e. The lowest BCUT2D eigenvalue weighted by molar-refractivity contribution is -0.127. The third-order valence-electron chi connectivity index (χ3n) is 4.38. The average molecular weight is 289 g/mol. The molecule has 1 aromatic heterocycles. The average Bonchev–Trinajstić information content (AvgIpc) is 2.93. The molecule has 1 aromatic rings. The highest BCUT2D eigenvalue weighted by Crippen LogP contribution is 2.15. The zero-order chi connectivity index (χ0) is 14.5. The highest BCUT2D eigenvalue weighted by Gasteiger charge is 2.23. The molecular formula is C15H23N5O. The number of piperidine rings is 1. The molecule has 0 unspecified atom stereocenters. The highest BCUT2D eigenvalue weighted by molar-refractivity contribution is 5.78. The van der Waals surface area contributed by atoms with Crippen LogP contribution in [-0.4, -0.2) is 64.4 Å². The van der Waals surface area contributed by atoms with Crippen molar-refractivity contribution in [1.82, 2.24) is 19.8 Å². The molecule has 0 aliphatic carbocycles. The number of hydrogen-bond donors (Lipinski definition) is 1. The van der Waals surface area contributed by atoms with Gasteiger partial charge in [0.2, 0.25) is 5.91 Å². The van der Waals surface area contributed by atoms with Crippen molar-refractivity contribution >= 4 is 11.7 Å². The first-order chi connectivity index (χ1) is 10.3. The Morgan fingerprint density at radius 3 is 2.76 bits per heavy atom. The number of nitrogens with zero attached hydrogens (tertiary/aromatic N) is 4. The second-order valence-corrected chi connectivity index (χ2v) is 5.84. The molecule has 0 saturated carbocycles. The van der Waals surface area contributed by atoms with E-state index in [0.29, 0.717) is 11.9 Å². The molecule has 0 bridgehead atoms. The van der Waals surface area contributed by atoms with Crippen molar-refractivity contribution in [3.05, 3.63) is 18.6 Å². The van der Waals surface area contributed by atoms with Crippen LogP contribution < -0.4 is 5.32 Å². The van der Waals surface area contributed by atoms with Crippen LogP contribution in [0.4, 0.5) is 5.82 Å². The summed E-state index contributed by atoms with van der Waals surface area (Å²) in [5.41, 5.74) is 0. The molecule has 2 aliphatic heterocycles. The van der Waals surface area contributed by atoms with E-state index < -0.39 is 0 Å². The molecule has 0 aromatic carbocycles. The third kappa shape index (κ3) is 3.91. The summed E-state index contributed by atoms with van der Waals surface area (Å²) < 4.78 is 0. The normalized spacial score (nSPS) is 21.0. The molecule has 0 atom stereocenters. The predicted octanol–water partition coefficient (Wildman–Crippen LogP) is 0.975. The van der Waals surface area contributed by atoms with Gasteiger partial charge >= 0.3 is 0 Å². The van der Waals surface area contributed by atoms with E-state index in [9.17, 15) is 4.79 Å². The van der Waals surface area contributed by atoms with Crippen LogP contribution in [0.1, 0.15) is 25.7 Å². The summed E-state index contributed by atoms with van der Waals surface area (Å²) >= 11 is 0. The lowest BCUT2D eigenvalue weighted by Crippen LogP contribution is -2.43. The lowest BCUT2D eigenvalue weighted by atomic mass is 10.1. The van der Waals surface area contributed by atoms with E-state index in [0.717, 1.165) is 64.2 Å². The molecule has 3 heterocycles. The third-order valence-corrected chi connectivity index (χ3v) is 4.38. The fourth-order valence-corrected chi connectivity index (χ4v) is 3.09. The second kappa shape index (κ2) is 6.85. The number of carbonyl (C=O) groups excluding carboxylic acids is 1. The predicted molar refractivity (Wildman–Crippen MR) is 80.9 cm³/mol. The van der Waals surface area contributed by atoms with Gasteiger partial charge in [0.15, 0.2) is 0 Å². The number of carbonyl (C=O) groups is 1. The van der Waals surface area contributed by atoms with Crippen molar-refractivity contribution in [3.63, 3.8) is 0 Å². The topological polar surface area (TPSA) is 61.4 Å². The first kappa shape index (κ1) is 14.3. The van der Waals surface area contributed by atoms with Crippen LogP contribution in [0.5, 0.6) is 0 Å². The summed E-state index contributed by atoms with van der Waals surface area (Å²) in [4.78, 5) is 24.2. The molecule has 2 saturated heterocycles. The molecule has 0 radical (unpaired) electrons.